The fourth-order valence-electron chi connectivity index (χ4n) is 2.29. The summed E-state index contributed by atoms with van der Waals surface area (Å²) < 4.78 is 12.1. The molecule has 0 saturated carbocycles. The van der Waals surface area contributed by atoms with E-state index in [1.807, 2.05) is 24.3 Å². The van der Waals surface area contributed by atoms with Gasteiger partial charge in [0.2, 0.25) is 0 Å². The van der Waals surface area contributed by atoms with Gasteiger partial charge in [-0.15, -0.1) is 0 Å². The second kappa shape index (κ2) is 5.03. The van der Waals surface area contributed by atoms with Crippen LogP contribution in [0.3, 0.4) is 0 Å². The summed E-state index contributed by atoms with van der Waals surface area (Å²) in [5.74, 6) is 0.251. The van der Waals surface area contributed by atoms with Crippen LogP contribution in [0.1, 0.15) is 18.4 Å². The van der Waals surface area contributed by atoms with Gasteiger partial charge < -0.3 is 4.55 Å². The Labute approximate surface area is 117 Å². The molecule has 1 unspecified atom stereocenters. The summed E-state index contributed by atoms with van der Waals surface area (Å²) in [5.41, 5.74) is 1.68. The molecule has 3 rings (SSSR count). The van der Waals surface area contributed by atoms with Crippen molar-refractivity contribution in [3.8, 4) is 0 Å². The number of nitrogens with one attached hydrogen (secondary N) is 1. The van der Waals surface area contributed by atoms with E-state index in [-0.39, 0.29) is 11.1 Å². The van der Waals surface area contributed by atoms with Crippen molar-refractivity contribution < 1.29 is 14.1 Å². The largest absolute Gasteiger partial charge is 0.611 e. The van der Waals surface area contributed by atoms with Crippen molar-refractivity contribution in [2.75, 3.05) is 5.75 Å². The smallest absolute Gasteiger partial charge is 0.290 e. The number of hydrogen-bond donors (Lipinski definition) is 1. The standard InChI is InChI=1S/C13H11NO3S2/c15-12-11(18-13(16)14-12)9-5-3-7-19(17)10-6-2-1-4-8(9)10/h1-2,4,6H,3,5,7H2,(H,14,15,16). The maximum absolute atomic E-state index is 12.1. The van der Waals surface area contributed by atoms with Crippen LogP contribution in [0.4, 0.5) is 4.79 Å². The fourth-order valence-corrected chi connectivity index (χ4v) is 4.39. The summed E-state index contributed by atoms with van der Waals surface area (Å²) in [7, 11) is 0. The Morgan fingerprint density at radius 1 is 1.26 bits per heavy atom. The van der Waals surface area contributed by atoms with Crippen LogP contribution >= 0.6 is 11.8 Å². The molecule has 98 valence electrons. The average Bonchev–Trinajstić information content (AvgIpc) is 2.64. The van der Waals surface area contributed by atoms with Crippen molar-refractivity contribution in [1.29, 1.82) is 0 Å². The van der Waals surface area contributed by atoms with Gasteiger partial charge in [0.1, 0.15) is 5.75 Å². The minimum atomic E-state index is -1.03. The van der Waals surface area contributed by atoms with Crippen LogP contribution in [0.15, 0.2) is 34.1 Å². The minimum Gasteiger partial charge on any atom is -0.611 e. The number of hydrogen-bond acceptors (Lipinski definition) is 4. The number of rotatable bonds is 0. The number of imide groups is 1. The van der Waals surface area contributed by atoms with Gasteiger partial charge in [-0.05, 0) is 53.5 Å². The van der Waals surface area contributed by atoms with Gasteiger partial charge in [0, 0.05) is 5.56 Å². The summed E-state index contributed by atoms with van der Waals surface area (Å²) in [5, 5.41) is 1.94. The van der Waals surface area contributed by atoms with Gasteiger partial charge in [0.25, 0.3) is 11.1 Å². The number of carbonyl (C=O) groups is 2. The summed E-state index contributed by atoms with van der Waals surface area (Å²) >= 11 is -0.0980. The van der Waals surface area contributed by atoms with E-state index in [1.54, 1.807) is 0 Å². The SMILES string of the molecule is O=C1NC(=O)C(=C2CCC[S+]([O-])c3ccccc32)S1. The predicted molar refractivity (Wildman–Crippen MR) is 75.0 cm³/mol. The molecular weight excluding hydrogens is 282 g/mol. The molecule has 1 atom stereocenters. The second-order valence-electron chi connectivity index (χ2n) is 4.30. The van der Waals surface area contributed by atoms with E-state index in [0.717, 1.165) is 34.2 Å². The van der Waals surface area contributed by atoms with Gasteiger partial charge in [-0.3, -0.25) is 14.9 Å². The van der Waals surface area contributed by atoms with Crippen molar-refractivity contribution in [2.45, 2.75) is 17.7 Å². The van der Waals surface area contributed by atoms with E-state index < -0.39 is 11.2 Å². The maximum atomic E-state index is 12.1. The highest BCUT2D eigenvalue weighted by Gasteiger charge is 2.32. The van der Waals surface area contributed by atoms with E-state index in [1.165, 1.54) is 0 Å². The molecule has 0 spiro atoms. The fraction of sp³-hybridized carbons (Fsp3) is 0.231. The lowest BCUT2D eigenvalue weighted by molar-refractivity contribution is -0.115. The molecular formula is C13H11NO3S2. The van der Waals surface area contributed by atoms with Gasteiger partial charge in [-0.25, -0.2) is 0 Å². The van der Waals surface area contributed by atoms with E-state index in [2.05, 4.69) is 5.32 Å². The number of carbonyl (C=O) groups excluding carboxylic acids is 2. The first-order valence-corrected chi connectivity index (χ1v) is 8.04. The Kier molecular flexibility index (Phi) is 3.38. The Hall–Kier alpha value is -1.24. The lowest BCUT2D eigenvalue weighted by Crippen LogP contribution is -2.18. The normalized spacial score (nSPS) is 26.9. The van der Waals surface area contributed by atoms with Gasteiger partial charge >= 0.3 is 0 Å². The maximum Gasteiger partial charge on any atom is 0.290 e. The summed E-state index contributed by atoms with van der Waals surface area (Å²) in [6, 6.07) is 7.41. The molecule has 1 saturated heterocycles. The van der Waals surface area contributed by atoms with Crippen LogP contribution in [0.25, 0.3) is 5.57 Å². The van der Waals surface area contributed by atoms with Crippen LogP contribution < -0.4 is 5.32 Å². The van der Waals surface area contributed by atoms with Crippen LogP contribution in [0.2, 0.25) is 0 Å². The number of allylic oxidation sites excluding steroid dienone is 1. The number of benzene rings is 1. The molecule has 2 amide bonds. The molecule has 1 aromatic rings. The first kappa shape index (κ1) is 12.8. The molecule has 2 aliphatic rings. The van der Waals surface area contributed by atoms with E-state index >= 15 is 0 Å². The molecule has 0 aromatic heterocycles. The highest BCUT2D eigenvalue weighted by Crippen LogP contribution is 2.39. The highest BCUT2D eigenvalue weighted by atomic mass is 32.2. The van der Waals surface area contributed by atoms with Crippen LogP contribution in [-0.4, -0.2) is 21.5 Å². The number of fused-ring (bicyclic) bond motifs is 1. The average molecular weight is 293 g/mol. The van der Waals surface area contributed by atoms with Crippen molar-refractivity contribution >= 4 is 39.7 Å². The molecule has 19 heavy (non-hydrogen) atoms. The molecule has 1 aromatic carbocycles. The van der Waals surface area contributed by atoms with Gasteiger partial charge in [0.15, 0.2) is 4.90 Å². The second-order valence-corrected chi connectivity index (χ2v) is 6.82. The number of amides is 2. The van der Waals surface area contributed by atoms with E-state index in [0.29, 0.717) is 17.1 Å². The van der Waals surface area contributed by atoms with Crippen LogP contribution in [0.5, 0.6) is 0 Å². The first-order chi connectivity index (χ1) is 9.16. The summed E-state index contributed by atoms with van der Waals surface area (Å²) in [6.07, 6.45) is 1.42. The molecule has 1 N–H and O–H groups in total. The third-order valence-corrected chi connectivity index (χ3v) is 5.53. The monoisotopic (exact) mass is 293 g/mol. The minimum absolute atomic E-state index is 0.338. The molecule has 6 heteroatoms. The van der Waals surface area contributed by atoms with E-state index in [4.69, 9.17) is 0 Å². The quantitative estimate of drug-likeness (QED) is 0.588. The van der Waals surface area contributed by atoms with Crippen LogP contribution in [0, 0.1) is 0 Å². The van der Waals surface area contributed by atoms with Crippen molar-refractivity contribution in [3.05, 3.63) is 34.7 Å². The van der Waals surface area contributed by atoms with Crippen molar-refractivity contribution in [1.82, 2.24) is 5.32 Å². The first-order valence-electron chi connectivity index (χ1n) is 5.91. The summed E-state index contributed by atoms with van der Waals surface area (Å²) in [6.45, 7) is 0. The predicted octanol–water partition coefficient (Wildman–Crippen LogP) is 2.28. The topological polar surface area (TPSA) is 69.2 Å². The van der Waals surface area contributed by atoms with Crippen molar-refractivity contribution in [2.24, 2.45) is 0 Å². The van der Waals surface area contributed by atoms with Crippen LogP contribution in [-0.2, 0) is 16.0 Å². The Morgan fingerprint density at radius 2 is 2.05 bits per heavy atom. The van der Waals surface area contributed by atoms with Gasteiger partial charge in [-0.2, -0.15) is 0 Å². The van der Waals surface area contributed by atoms with Crippen molar-refractivity contribution in [3.63, 3.8) is 0 Å². The molecule has 2 aliphatic heterocycles. The molecule has 0 bridgehead atoms. The Morgan fingerprint density at radius 3 is 2.79 bits per heavy atom. The Balaban J connectivity index is 2.17. The lowest BCUT2D eigenvalue weighted by atomic mass is 10.0. The highest BCUT2D eigenvalue weighted by molar-refractivity contribution is 8.18. The molecule has 1 fully saturated rings. The third kappa shape index (κ3) is 2.31. The van der Waals surface area contributed by atoms with Gasteiger partial charge in [0.05, 0.1) is 4.91 Å². The third-order valence-electron chi connectivity index (χ3n) is 3.10. The zero-order valence-electron chi connectivity index (χ0n) is 9.97. The van der Waals surface area contributed by atoms with E-state index in [9.17, 15) is 14.1 Å². The lowest BCUT2D eigenvalue weighted by Gasteiger charge is -2.11. The summed E-state index contributed by atoms with van der Waals surface area (Å²) in [4.78, 5) is 24.3. The zero-order chi connectivity index (χ0) is 13.4. The number of thioether (sulfide) groups is 1. The molecule has 0 radical (unpaired) electrons. The molecule has 2 heterocycles. The molecule has 4 nitrogen and oxygen atoms in total. The Bertz CT molecular complexity index is 597. The van der Waals surface area contributed by atoms with Gasteiger partial charge in [-0.1, -0.05) is 12.1 Å². The zero-order valence-corrected chi connectivity index (χ0v) is 11.6. The molecule has 0 aliphatic carbocycles.